The molecular weight excluding hydrogens is 546 g/mol. The first-order valence-electron chi connectivity index (χ1n) is 10.7. The van der Waals surface area contributed by atoms with Crippen LogP contribution in [0.25, 0.3) is 10.9 Å². The van der Waals surface area contributed by atoms with Gasteiger partial charge in [0, 0.05) is 37.6 Å². The van der Waals surface area contributed by atoms with E-state index in [4.69, 9.17) is 28.4 Å². The first-order valence-corrected chi connectivity index (χ1v) is 11.4. The number of methoxy groups -OCH3 is 1. The van der Waals surface area contributed by atoms with Crippen LogP contribution in [0.15, 0.2) is 28.9 Å². The molecule has 12 nitrogen and oxygen atoms in total. The predicted molar refractivity (Wildman–Crippen MR) is 124 cm³/mol. The lowest BCUT2D eigenvalue weighted by molar-refractivity contribution is -0.282. The Morgan fingerprint density at radius 3 is 2.03 bits per heavy atom. The number of benzene rings is 1. The summed E-state index contributed by atoms with van der Waals surface area (Å²) >= 11 is 3.37. The Morgan fingerprint density at radius 2 is 1.47 bits per heavy atom. The molecule has 1 aliphatic rings. The van der Waals surface area contributed by atoms with Gasteiger partial charge in [0.1, 0.15) is 5.75 Å². The van der Waals surface area contributed by atoms with E-state index in [-0.39, 0.29) is 11.7 Å². The van der Waals surface area contributed by atoms with Crippen LogP contribution in [0.3, 0.4) is 0 Å². The van der Waals surface area contributed by atoms with Crippen LogP contribution in [0.5, 0.6) is 5.75 Å². The van der Waals surface area contributed by atoms with Gasteiger partial charge in [0.15, 0.2) is 18.3 Å². The Kier molecular flexibility index (Phi) is 8.35. The second-order valence-corrected chi connectivity index (χ2v) is 8.75. The molecule has 2 aromatic rings. The molecule has 1 aromatic heterocycles. The van der Waals surface area contributed by atoms with Crippen LogP contribution in [0, 0.1) is 0 Å². The largest absolute Gasteiger partial charge is 0.467 e. The molecule has 1 fully saturated rings. The van der Waals surface area contributed by atoms with Crippen molar-refractivity contribution in [2.45, 2.75) is 58.4 Å². The summed E-state index contributed by atoms with van der Waals surface area (Å²) in [4.78, 5) is 60.4. The molecule has 3 rings (SSSR count). The molecule has 2 heterocycles. The maximum absolute atomic E-state index is 12.6. The predicted octanol–water partition coefficient (Wildman–Crippen LogP) is 2.14. The first-order chi connectivity index (χ1) is 16.9. The Hall–Kier alpha value is -3.45. The zero-order valence-corrected chi connectivity index (χ0v) is 21.6. The van der Waals surface area contributed by atoms with Gasteiger partial charge in [0.2, 0.25) is 18.3 Å². The molecule has 5 atom stereocenters. The average Bonchev–Trinajstić information content (AvgIpc) is 3.13. The van der Waals surface area contributed by atoms with Gasteiger partial charge in [-0.05, 0) is 18.2 Å². The van der Waals surface area contributed by atoms with Crippen molar-refractivity contribution in [3.8, 4) is 5.75 Å². The van der Waals surface area contributed by atoms with E-state index < -0.39 is 54.6 Å². The summed E-state index contributed by atoms with van der Waals surface area (Å²) in [6.07, 6.45) is -6.23. The number of rotatable bonds is 6. The van der Waals surface area contributed by atoms with Crippen LogP contribution in [-0.2, 0) is 42.9 Å². The van der Waals surface area contributed by atoms with Gasteiger partial charge in [0.25, 0.3) is 0 Å². The van der Waals surface area contributed by atoms with Crippen molar-refractivity contribution < 1.29 is 52.4 Å². The topological polar surface area (TPSA) is 146 Å². The minimum Gasteiger partial charge on any atom is -0.467 e. The molecule has 0 amide bonds. The highest BCUT2D eigenvalue weighted by Gasteiger charge is 2.56. The lowest BCUT2D eigenvalue weighted by Gasteiger charge is -2.43. The molecule has 194 valence electrons. The normalized spacial score (nSPS) is 23.4. The maximum atomic E-state index is 12.6. The number of halogens is 1. The van der Waals surface area contributed by atoms with E-state index >= 15 is 0 Å². The van der Waals surface area contributed by atoms with Crippen molar-refractivity contribution in [1.82, 2.24) is 4.57 Å². The quantitative estimate of drug-likeness (QED) is 0.372. The van der Waals surface area contributed by atoms with Crippen LogP contribution < -0.4 is 4.74 Å². The molecule has 13 heteroatoms. The number of hydrogen-bond acceptors (Lipinski definition) is 11. The van der Waals surface area contributed by atoms with Crippen LogP contribution in [0.1, 0.15) is 32.5 Å². The second-order valence-electron chi connectivity index (χ2n) is 7.83. The Bertz CT molecular complexity index is 1210. The molecule has 36 heavy (non-hydrogen) atoms. The number of nitrogens with zero attached hydrogens (tertiary/aromatic N) is 1. The minimum absolute atomic E-state index is 0.139. The SMILES string of the molecule is COC(=O)[C@H]1O[C@@H](Oc2cn(C(C)=O)c3ccc(Br)cc23)[C@H](OC(C)=O)[C@@H](OC(C)=O)[C@@H]1OC(C)=O. The van der Waals surface area contributed by atoms with Crippen molar-refractivity contribution in [2.24, 2.45) is 0 Å². The molecule has 0 spiro atoms. The average molecular weight is 570 g/mol. The molecule has 1 aromatic carbocycles. The van der Waals surface area contributed by atoms with E-state index in [0.29, 0.717) is 15.4 Å². The Labute approximate surface area is 213 Å². The fourth-order valence-corrected chi connectivity index (χ4v) is 4.19. The minimum atomic E-state index is -1.60. The fraction of sp³-hybridized carbons (Fsp3) is 0.435. The lowest BCUT2D eigenvalue weighted by Crippen LogP contribution is -2.64. The zero-order chi connectivity index (χ0) is 26.7. The molecule has 0 aliphatic carbocycles. The monoisotopic (exact) mass is 569 g/mol. The van der Waals surface area contributed by atoms with Gasteiger partial charge in [-0.25, -0.2) is 4.79 Å². The van der Waals surface area contributed by atoms with E-state index in [0.717, 1.165) is 27.9 Å². The maximum Gasteiger partial charge on any atom is 0.339 e. The molecular formula is C23H24BrNO11. The molecule has 0 saturated carbocycles. The van der Waals surface area contributed by atoms with Crippen molar-refractivity contribution in [1.29, 1.82) is 0 Å². The van der Waals surface area contributed by atoms with Crippen LogP contribution in [0.2, 0.25) is 0 Å². The number of aromatic nitrogens is 1. The Balaban J connectivity index is 2.13. The highest BCUT2D eigenvalue weighted by molar-refractivity contribution is 9.10. The molecule has 0 bridgehead atoms. The van der Waals surface area contributed by atoms with Gasteiger partial charge < -0.3 is 28.4 Å². The standard InChI is InChI=1S/C23H24BrNO11/c1-10(26)25-9-17(15-8-14(24)6-7-16(15)25)35-23-21(34-13(4)29)19(33-12(3)28)18(32-11(2)27)20(36-23)22(30)31-5/h6-9,18-21,23H,1-5H3/t18-,19-,20-,21+,23+/m0/s1. The number of hydrogen-bond donors (Lipinski definition) is 0. The second kappa shape index (κ2) is 11.1. The summed E-state index contributed by atoms with van der Waals surface area (Å²) in [5.41, 5.74) is 0.513. The van der Waals surface area contributed by atoms with Gasteiger partial charge >= 0.3 is 23.9 Å². The van der Waals surface area contributed by atoms with Crippen molar-refractivity contribution in [3.05, 3.63) is 28.9 Å². The smallest absolute Gasteiger partial charge is 0.339 e. The van der Waals surface area contributed by atoms with Crippen molar-refractivity contribution in [2.75, 3.05) is 7.11 Å². The third-order valence-electron chi connectivity index (χ3n) is 5.15. The van der Waals surface area contributed by atoms with Gasteiger partial charge in [-0.2, -0.15) is 0 Å². The molecule has 1 saturated heterocycles. The van der Waals surface area contributed by atoms with Crippen LogP contribution in [-0.4, -0.2) is 72.2 Å². The highest BCUT2D eigenvalue weighted by atomic mass is 79.9. The summed E-state index contributed by atoms with van der Waals surface area (Å²) < 4.78 is 34.5. The van der Waals surface area contributed by atoms with E-state index in [1.54, 1.807) is 18.2 Å². The van der Waals surface area contributed by atoms with E-state index in [2.05, 4.69) is 15.9 Å². The number of carbonyl (C=O) groups is 5. The molecule has 0 radical (unpaired) electrons. The van der Waals surface area contributed by atoms with E-state index in [1.807, 2.05) is 0 Å². The third-order valence-corrected chi connectivity index (χ3v) is 5.64. The van der Waals surface area contributed by atoms with Gasteiger partial charge in [-0.1, -0.05) is 15.9 Å². The molecule has 1 aliphatic heterocycles. The highest BCUT2D eigenvalue weighted by Crippen LogP contribution is 2.35. The summed E-state index contributed by atoms with van der Waals surface area (Å²) in [6.45, 7) is 4.63. The van der Waals surface area contributed by atoms with E-state index in [1.165, 1.54) is 17.7 Å². The van der Waals surface area contributed by atoms with Crippen LogP contribution in [0.4, 0.5) is 0 Å². The third kappa shape index (κ3) is 5.85. The summed E-state index contributed by atoms with van der Waals surface area (Å²) in [5.74, 6) is -3.54. The van der Waals surface area contributed by atoms with E-state index in [9.17, 15) is 24.0 Å². The lowest BCUT2D eigenvalue weighted by atomic mass is 9.97. The molecule has 0 unspecified atom stereocenters. The zero-order valence-electron chi connectivity index (χ0n) is 20.0. The van der Waals surface area contributed by atoms with Gasteiger partial charge in [-0.3, -0.25) is 23.7 Å². The summed E-state index contributed by atoms with van der Waals surface area (Å²) in [6, 6.07) is 5.11. The number of ether oxygens (including phenoxy) is 6. The summed E-state index contributed by atoms with van der Waals surface area (Å²) in [7, 11) is 1.09. The Morgan fingerprint density at radius 1 is 0.889 bits per heavy atom. The first kappa shape index (κ1) is 27.1. The van der Waals surface area contributed by atoms with Crippen molar-refractivity contribution >= 4 is 56.6 Å². The molecule has 0 N–H and O–H groups in total. The van der Waals surface area contributed by atoms with Crippen molar-refractivity contribution in [3.63, 3.8) is 0 Å². The van der Waals surface area contributed by atoms with Gasteiger partial charge in [0.05, 0.1) is 18.8 Å². The number of carbonyl (C=O) groups excluding carboxylic acids is 5. The van der Waals surface area contributed by atoms with Gasteiger partial charge in [-0.15, -0.1) is 0 Å². The fourth-order valence-electron chi connectivity index (χ4n) is 3.83. The summed E-state index contributed by atoms with van der Waals surface area (Å²) in [5, 5.41) is 0.491. The number of esters is 4. The number of fused-ring (bicyclic) bond motifs is 1. The van der Waals surface area contributed by atoms with Crippen LogP contribution >= 0.6 is 15.9 Å².